The molecule has 0 heterocycles. The van der Waals surface area contributed by atoms with Crippen LogP contribution in [0.5, 0.6) is 0 Å². The lowest BCUT2D eigenvalue weighted by Crippen LogP contribution is -2.45. The van der Waals surface area contributed by atoms with E-state index in [2.05, 4.69) is 37.4 Å². The van der Waals surface area contributed by atoms with E-state index < -0.39 is 16.9 Å². The van der Waals surface area contributed by atoms with Crippen LogP contribution in [0.2, 0.25) is 13.1 Å². The van der Waals surface area contributed by atoms with E-state index >= 15 is 0 Å². The highest BCUT2D eigenvalue weighted by Crippen LogP contribution is 2.17. The highest BCUT2D eigenvalue weighted by atomic mass is 28.4. The summed E-state index contributed by atoms with van der Waals surface area (Å²) >= 11 is 0. The normalized spacial score (nSPS) is 12.7. The monoisotopic (exact) mass is 314 g/mol. The molecule has 0 amide bonds. The van der Waals surface area contributed by atoms with Crippen LogP contribution in [0.15, 0.2) is 24.3 Å². The van der Waals surface area contributed by atoms with Crippen molar-refractivity contribution in [3.8, 4) is 0 Å². The molecule has 0 fully saturated rings. The third kappa shape index (κ3) is 4.80. The zero-order chi connectivity index (χ0) is 15.2. The lowest BCUT2D eigenvalue weighted by molar-refractivity contribution is 0.122. The number of benzene rings is 1. The number of hydrogen-bond donors (Lipinski definition) is 1. The SMILES string of the molecule is CO[Si](Cc1ccc(C[Si](C)(C)CO)cc1)(OC)OC. The summed E-state index contributed by atoms with van der Waals surface area (Å²) in [6.07, 6.45) is 0.321. The number of aliphatic hydroxyl groups excluding tert-OH is 1. The fourth-order valence-corrected chi connectivity index (χ4v) is 5.22. The minimum Gasteiger partial charge on any atom is -0.400 e. The Morgan fingerprint density at radius 2 is 1.25 bits per heavy atom. The van der Waals surface area contributed by atoms with Crippen LogP contribution in [0.4, 0.5) is 0 Å². The molecule has 4 nitrogen and oxygen atoms in total. The van der Waals surface area contributed by atoms with Crippen LogP contribution in [0.25, 0.3) is 0 Å². The van der Waals surface area contributed by atoms with Gasteiger partial charge in [-0.2, -0.15) is 0 Å². The van der Waals surface area contributed by atoms with E-state index in [1.807, 2.05) is 0 Å². The molecule has 20 heavy (non-hydrogen) atoms. The van der Waals surface area contributed by atoms with Gasteiger partial charge in [-0.05, 0) is 11.6 Å². The first-order chi connectivity index (χ1) is 9.40. The second-order valence-corrected chi connectivity index (χ2v) is 13.7. The molecule has 0 atom stereocenters. The first-order valence-corrected chi connectivity index (χ1v) is 12.1. The zero-order valence-corrected chi connectivity index (χ0v) is 15.1. The van der Waals surface area contributed by atoms with Gasteiger partial charge in [-0.15, -0.1) is 0 Å². The van der Waals surface area contributed by atoms with E-state index in [-0.39, 0.29) is 0 Å². The molecule has 1 aromatic rings. The van der Waals surface area contributed by atoms with Gasteiger partial charge in [0.2, 0.25) is 0 Å². The Morgan fingerprint density at radius 1 is 0.850 bits per heavy atom. The maximum atomic E-state index is 9.38. The van der Waals surface area contributed by atoms with E-state index in [1.54, 1.807) is 21.3 Å². The van der Waals surface area contributed by atoms with Gasteiger partial charge >= 0.3 is 8.80 Å². The van der Waals surface area contributed by atoms with Crippen molar-refractivity contribution in [3.05, 3.63) is 35.4 Å². The summed E-state index contributed by atoms with van der Waals surface area (Å²) in [7, 11) is 0.810. The molecule has 0 saturated carbocycles. The average molecular weight is 315 g/mol. The minimum atomic E-state index is -2.56. The summed E-state index contributed by atoms with van der Waals surface area (Å²) < 4.78 is 16.3. The molecule has 0 bridgehead atoms. The summed E-state index contributed by atoms with van der Waals surface area (Å²) in [6.45, 7) is 4.39. The van der Waals surface area contributed by atoms with Gasteiger partial charge in [-0.3, -0.25) is 0 Å². The fourth-order valence-electron chi connectivity index (χ4n) is 2.10. The first-order valence-electron chi connectivity index (χ1n) is 6.74. The van der Waals surface area contributed by atoms with E-state index in [4.69, 9.17) is 13.3 Å². The van der Waals surface area contributed by atoms with Crippen LogP contribution >= 0.6 is 0 Å². The van der Waals surface area contributed by atoms with Crippen molar-refractivity contribution in [2.75, 3.05) is 27.6 Å². The second-order valence-electron chi connectivity index (χ2n) is 5.79. The van der Waals surface area contributed by atoms with Gasteiger partial charge < -0.3 is 18.4 Å². The summed E-state index contributed by atoms with van der Waals surface area (Å²) in [6, 6.07) is 10.1. The van der Waals surface area contributed by atoms with Gasteiger partial charge in [0.25, 0.3) is 0 Å². The molecule has 0 aromatic heterocycles. The molecule has 0 unspecified atom stereocenters. The number of hydrogen-bond acceptors (Lipinski definition) is 4. The van der Waals surface area contributed by atoms with Crippen LogP contribution in [0, 0.1) is 0 Å². The molecule has 0 aliphatic carbocycles. The Morgan fingerprint density at radius 3 is 1.60 bits per heavy atom. The molecule has 0 aliphatic heterocycles. The molecule has 0 aliphatic rings. The lowest BCUT2D eigenvalue weighted by Gasteiger charge is -2.24. The van der Waals surface area contributed by atoms with Crippen molar-refractivity contribution in [3.63, 3.8) is 0 Å². The summed E-state index contributed by atoms with van der Waals surface area (Å²) in [5, 5.41) is 9.38. The molecule has 6 heteroatoms. The molecule has 1 rings (SSSR count). The minimum absolute atomic E-state index is 0.321. The lowest BCUT2D eigenvalue weighted by atomic mass is 10.2. The summed E-state index contributed by atoms with van der Waals surface area (Å²) in [5.74, 6) is 0. The Bertz CT molecular complexity index is 394. The van der Waals surface area contributed by atoms with Crippen LogP contribution in [0.3, 0.4) is 0 Å². The number of aliphatic hydroxyl groups is 1. The van der Waals surface area contributed by atoms with Gasteiger partial charge in [0.1, 0.15) is 0 Å². The Hall–Kier alpha value is -0.506. The van der Waals surface area contributed by atoms with Crippen LogP contribution in [0.1, 0.15) is 11.1 Å². The molecule has 1 N–H and O–H groups in total. The highest BCUT2D eigenvalue weighted by Gasteiger charge is 2.37. The molecule has 0 spiro atoms. The van der Waals surface area contributed by atoms with Crippen molar-refractivity contribution < 1.29 is 18.4 Å². The highest BCUT2D eigenvalue weighted by molar-refractivity contribution is 6.76. The van der Waals surface area contributed by atoms with Gasteiger partial charge in [0.15, 0.2) is 0 Å². The third-order valence-electron chi connectivity index (χ3n) is 3.49. The predicted octanol–water partition coefficient (Wildman–Crippen LogP) is 1.97. The molecular weight excluding hydrogens is 288 g/mol. The van der Waals surface area contributed by atoms with Crippen molar-refractivity contribution in [2.24, 2.45) is 0 Å². The van der Waals surface area contributed by atoms with Crippen LogP contribution in [-0.4, -0.2) is 49.5 Å². The standard InChI is InChI=1S/C14H26O4Si2/c1-16-20(17-2,18-3)11-14-8-6-13(7-9-14)10-19(4,5)12-15/h6-9,15H,10-12H2,1-5H3. The third-order valence-corrected chi connectivity index (χ3v) is 8.42. The predicted molar refractivity (Wildman–Crippen MR) is 85.2 cm³/mol. The van der Waals surface area contributed by atoms with Crippen LogP contribution < -0.4 is 0 Å². The topological polar surface area (TPSA) is 47.9 Å². The molecule has 1 aromatic carbocycles. The van der Waals surface area contributed by atoms with E-state index in [0.717, 1.165) is 11.6 Å². The number of rotatable bonds is 8. The van der Waals surface area contributed by atoms with Crippen molar-refractivity contribution in [1.29, 1.82) is 0 Å². The fraction of sp³-hybridized carbons (Fsp3) is 0.571. The summed E-state index contributed by atoms with van der Waals surface area (Å²) in [5.41, 5.74) is 2.42. The quantitative estimate of drug-likeness (QED) is 0.745. The Labute approximate surface area is 124 Å². The summed E-state index contributed by atoms with van der Waals surface area (Å²) in [4.78, 5) is 0. The average Bonchev–Trinajstić information content (AvgIpc) is 2.46. The largest absolute Gasteiger partial charge is 0.504 e. The van der Waals surface area contributed by atoms with Crippen LogP contribution in [-0.2, 0) is 25.4 Å². The van der Waals surface area contributed by atoms with Gasteiger partial charge in [0.05, 0.1) is 8.07 Å². The van der Waals surface area contributed by atoms with E-state index in [9.17, 15) is 5.11 Å². The molecule has 0 saturated heterocycles. The maximum absolute atomic E-state index is 9.38. The second kappa shape index (κ2) is 7.49. The van der Waals surface area contributed by atoms with Crippen molar-refractivity contribution in [2.45, 2.75) is 25.2 Å². The first kappa shape index (κ1) is 17.5. The van der Waals surface area contributed by atoms with Crippen molar-refractivity contribution in [1.82, 2.24) is 0 Å². The van der Waals surface area contributed by atoms with E-state index in [0.29, 0.717) is 12.3 Å². The zero-order valence-electron chi connectivity index (χ0n) is 13.1. The smallest absolute Gasteiger partial charge is 0.400 e. The van der Waals surface area contributed by atoms with Gasteiger partial charge in [0, 0.05) is 33.6 Å². The Kier molecular flexibility index (Phi) is 6.57. The van der Waals surface area contributed by atoms with Gasteiger partial charge in [-0.25, -0.2) is 0 Å². The van der Waals surface area contributed by atoms with Crippen molar-refractivity contribution >= 4 is 16.9 Å². The van der Waals surface area contributed by atoms with E-state index in [1.165, 1.54) is 5.56 Å². The Balaban J connectivity index is 2.76. The molecule has 114 valence electrons. The van der Waals surface area contributed by atoms with Gasteiger partial charge in [-0.1, -0.05) is 42.9 Å². The molecule has 0 radical (unpaired) electrons. The molecular formula is C14H26O4Si2. The maximum Gasteiger partial charge on any atom is 0.504 e.